The van der Waals surface area contributed by atoms with Crippen molar-refractivity contribution in [2.45, 2.75) is 50.3 Å². The molecule has 2 saturated heterocycles. The largest absolute Gasteiger partial charge is 0.462 e. The number of aliphatic hydroxyl groups is 2. The van der Waals surface area contributed by atoms with Crippen molar-refractivity contribution >= 4 is 5.69 Å². The van der Waals surface area contributed by atoms with Gasteiger partial charge in [0.05, 0.1) is 11.5 Å². The Hall–Kier alpha value is -1.78. The van der Waals surface area contributed by atoms with E-state index in [1.54, 1.807) is 13.8 Å². The van der Waals surface area contributed by atoms with Gasteiger partial charge in [-0.05, 0) is 26.0 Å². The van der Waals surface area contributed by atoms with E-state index in [-0.39, 0.29) is 18.0 Å². The fourth-order valence-corrected chi connectivity index (χ4v) is 2.71. The highest BCUT2D eigenvalue weighted by molar-refractivity contribution is 5.36. The molecule has 0 unspecified atom stereocenters. The van der Waals surface area contributed by atoms with Gasteiger partial charge in [-0.25, -0.2) is 0 Å². The summed E-state index contributed by atoms with van der Waals surface area (Å²) in [5, 5.41) is 31.2. The van der Waals surface area contributed by atoms with Crippen LogP contribution in [0.5, 0.6) is 5.75 Å². The molecule has 2 heterocycles. The predicted molar refractivity (Wildman–Crippen MR) is 79.3 cm³/mol. The maximum Gasteiger partial charge on any atom is 0.269 e. The Morgan fingerprint density at radius 2 is 1.92 bits per heavy atom. The number of nitro groups is 1. The van der Waals surface area contributed by atoms with Crippen molar-refractivity contribution in [3.63, 3.8) is 0 Å². The topological polar surface area (TPSA) is 121 Å². The molecule has 1 aromatic rings. The highest BCUT2D eigenvalue weighted by Gasteiger charge is 2.51. The highest BCUT2D eigenvalue weighted by atomic mass is 16.8. The highest BCUT2D eigenvalue weighted by Crippen LogP contribution is 2.33. The first kappa shape index (κ1) is 17.1. The van der Waals surface area contributed by atoms with Crippen molar-refractivity contribution in [3.05, 3.63) is 34.4 Å². The van der Waals surface area contributed by atoms with Gasteiger partial charge in [0, 0.05) is 12.1 Å². The van der Waals surface area contributed by atoms with Gasteiger partial charge in [-0.1, -0.05) is 0 Å². The summed E-state index contributed by atoms with van der Waals surface area (Å²) >= 11 is 0. The van der Waals surface area contributed by atoms with Crippen LogP contribution in [0.2, 0.25) is 0 Å². The monoisotopic (exact) mass is 341 g/mol. The fourth-order valence-electron chi connectivity index (χ4n) is 2.71. The molecule has 2 aliphatic heterocycles. The summed E-state index contributed by atoms with van der Waals surface area (Å²) in [5.41, 5.74) is -0.0797. The molecular formula is C15H19NO8. The van der Waals surface area contributed by atoms with Crippen molar-refractivity contribution < 1.29 is 34.1 Å². The molecule has 0 radical (unpaired) electrons. The van der Waals surface area contributed by atoms with E-state index in [1.807, 2.05) is 0 Å². The fraction of sp³-hybridized carbons (Fsp3) is 0.600. The lowest BCUT2D eigenvalue weighted by Gasteiger charge is -2.48. The van der Waals surface area contributed by atoms with Gasteiger partial charge in [0.2, 0.25) is 6.29 Å². The average Bonchev–Trinajstić information content (AvgIpc) is 2.53. The van der Waals surface area contributed by atoms with Crippen LogP contribution in [0.4, 0.5) is 5.69 Å². The summed E-state index contributed by atoms with van der Waals surface area (Å²) in [6.07, 6.45) is -5.03. The van der Waals surface area contributed by atoms with Crippen LogP contribution in [0.3, 0.4) is 0 Å². The van der Waals surface area contributed by atoms with Crippen LogP contribution in [0.1, 0.15) is 13.8 Å². The van der Waals surface area contributed by atoms with Crippen molar-refractivity contribution in [2.24, 2.45) is 0 Å². The summed E-state index contributed by atoms with van der Waals surface area (Å²) in [6.45, 7) is 3.60. The molecule has 2 fully saturated rings. The van der Waals surface area contributed by atoms with Crippen LogP contribution >= 0.6 is 0 Å². The summed E-state index contributed by atoms with van der Waals surface area (Å²) in [7, 11) is 0. The number of nitro benzene ring substituents is 1. The Labute approximate surface area is 137 Å². The number of hydrogen-bond donors (Lipinski definition) is 2. The molecule has 2 aliphatic rings. The summed E-state index contributed by atoms with van der Waals surface area (Å²) in [6, 6.07) is 5.34. The number of hydrogen-bond acceptors (Lipinski definition) is 8. The van der Waals surface area contributed by atoms with Gasteiger partial charge in [-0.15, -0.1) is 0 Å². The Balaban J connectivity index is 1.70. The minimum atomic E-state index is -1.34. The number of ether oxygens (including phenoxy) is 4. The van der Waals surface area contributed by atoms with E-state index < -0.39 is 41.4 Å². The Bertz CT molecular complexity index is 602. The zero-order valence-electron chi connectivity index (χ0n) is 13.2. The molecule has 1 aromatic carbocycles. The third kappa shape index (κ3) is 3.35. The lowest BCUT2D eigenvalue weighted by atomic mass is 9.97. The van der Waals surface area contributed by atoms with Crippen LogP contribution in [0.25, 0.3) is 0 Å². The standard InChI is InChI=1S/C15H19NO8/c1-15(2)21-7-10-13(24-15)11(17)12(18)14(23-10)22-9-5-3-8(4-6-9)16(19)20/h3-6,10-14,17-18H,7H2,1-2H3/t10-,11-,12-,13+,14+/m1/s1. The maximum absolute atomic E-state index is 10.6. The van der Waals surface area contributed by atoms with E-state index >= 15 is 0 Å². The third-order valence-electron chi connectivity index (χ3n) is 3.96. The normalized spacial score (nSPS) is 35.1. The zero-order valence-corrected chi connectivity index (χ0v) is 13.2. The Kier molecular flexibility index (Phi) is 4.45. The number of aliphatic hydroxyl groups excluding tert-OH is 2. The molecule has 5 atom stereocenters. The molecule has 0 aromatic heterocycles. The number of rotatable bonds is 3. The quantitative estimate of drug-likeness (QED) is 0.605. The van der Waals surface area contributed by atoms with Gasteiger partial charge in [0.15, 0.2) is 5.79 Å². The first-order valence-corrected chi connectivity index (χ1v) is 7.51. The lowest BCUT2D eigenvalue weighted by molar-refractivity contribution is -0.385. The molecule has 0 spiro atoms. The SMILES string of the molecule is CC1(C)OC[C@H]2O[C@H](Oc3ccc([N+](=O)[O-])cc3)[C@H](O)[C@@H](O)[C@H]2O1. The lowest BCUT2D eigenvalue weighted by Crippen LogP contribution is -2.65. The molecule has 9 nitrogen and oxygen atoms in total. The molecule has 2 N–H and O–H groups in total. The van der Waals surface area contributed by atoms with Crippen molar-refractivity contribution in [3.8, 4) is 5.75 Å². The minimum absolute atomic E-state index is 0.0797. The molecule has 9 heteroatoms. The first-order valence-electron chi connectivity index (χ1n) is 7.51. The van der Waals surface area contributed by atoms with Crippen molar-refractivity contribution in [1.29, 1.82) is 0 Å². The summed E-state index contributed by atoms with van der Waals surface area (Å²) in [5.74, 6) is -0.606. The third-order valence-corrected chi connectivity index (χ3v) is 3.96. The maximum atomic E-state index is 10.6. The molecular weight excluding hydrogens is 322 g/mol. The van der Waals surface area contributed by atoms with Gasteiger partial charge >= 0.3 is 0 Å². The number of non-ortho nitro benzene ring substituents is 1. The molecule has 132 valence electrons. The van der Waals surface area contributed by atoms with Crippen molar-refractivity contribution in [1.82, 2.24) is 0 Å². The van der Waals surface area contributed by atoms with E-state index in [4.69, 9.17) is 18.9 Å². The van der Waals surface area contributed by atoms with Crippen LogP contribution in [0.15, 0.2) is 24.3 Å². The predicted octanol–water partition coefficient (Wildman–Crippen LogP) is 0.572. The van der Waals surface area contributed by atoms with Gasteiger partial charge in [-0.2, -0.15) is 0 Å². The molecule has 24 heavy (non-hydrogen) atoms. The number of fused-ring (bicyclic) bond motifs is 1. The van der Waals surface area contributed by atoms with Gasteiger partial charge < -0.3 is 29.2 Å². The molecule has 0 bridgehead atoms. The number of benzene rings is 1. The minimum Gasteiger partial charge on any atom is -0.462 e. The smallest absolute Gasteiger partial charge is 0.269 e. The second kappa shape index (κ2) is 6.26. The zero-order chi connectivity index (χ0) is 17.5. The number of nitrogens with zero attached hydrogens (tertiary/aromatic N) is 1. The van der Waals surface area contributed by atoms with Gasteiger partial charge in [0.1, 0.15) is 30.2 Å². The van der Waals surface area contributed by atoms with Crippen LogP contribution in [-0.4, -0.2) is 58.2 Å². The van der Waals surface area contributed by atoms with Crippen LogP contribution < -0.4 is 4.74 Å². The van der Waals surface area contributed by atoms with E-state index in [9.17, 15) is 20.3 Å². The Morgan fingerprint density at radius 1 is 1.25 bits per heavy atom. The first-order chi connectivity index (χ1) is 11.3. The van der Waals surface area contributed by atoms with E-state index in [0.717, 1.165) is 0 Å². The van der Waals surface area contributed by atoms with E-state index in [0.29, 0.717) is 0 Å². The van der Waals surface area contributed by atoms with Crippen LogP contribution in [-0.2, 0) is 14.2 Å². The second-order valence-corrected chi connectivity index (χ2v) is 6.19. The molecule has 0 aliphatic carbocycles. The molecule has 0 saturated carbocycles. The summed E-state index contributed by atoms with van der Waals surface area (Å²) < 4.78 is 22.2. The average molecular weight is 341 g/mol. The van der Waals surface area contributed by atoms with E-state index in [1.165, 1.54) is 24.3 Å². The van der Waals surface area contributed by atoms with Gasteiger partial charge in [0.25, 0.3) is 5.69 Å². The molecule has 0 amide bonds. The summed E-state index contributed by atoms with van der Waals surface area (Å²) in [4.78, 5) is 10.1. The van der Waals surface area contributed by atoms with Gasteiger partial charge in [-0.3, -0.25) is 10.1 Å². The molecule has 3 rings (SSSR count). The van der Waals surface area contributed by atoms with Crippen LogP contribution in [0, 0.1) is 10.1 Å². The second-order valence-electron chi connectivity index (χ2n) is 6.19. The Morgan fingerprint density at radius 3 is 2.54 bits per heavy atom. The van der Waals surface area contributed by atoms with E-state index in [2.05, 4.69) is 0 Å². The van der Waals surface area contributed by atoms with Crippen molar-refractivity contribution in [2.75, 3.05) is 6.61 Å².